The Morgan fingerprint density at radius 3 is 2.86 bits per heavy atom. The Kier molecular flexibility index (Phi) is 2.09. The van der Waals surface area contributed by atoms with Crippen molar-refractivity contribution in [3.05, 3.63) is 12.2 Å². The van der Waals surface area contributed by atoms with Crippen molar-refractivity contribution in [2.75, 3.05) is 0 Å². The van der Waals surface area contributed by atoms with Crippen LogP contribution in [0, 0.1) is 5.92 Å². The van der Waals surface area contributed by atoms with Crippen molar-refractivity contribution in [2.24, 2.45) is 5.92 Å². The van der Waals surface area contributed by atoms with Crippen LogP contribution in [0.1, 0.15) is 33.0 Å². The normalized spacial score (nSPS) is 31.1. The number of alkyl halides is 1. The number of halogens is 1. The van der Waals surface area contributed by atoms with Crippen LogP contribution in [0.2, 0.25) is 0 Å². The second-order valence-electron chi connectivity index (χ2n) is 4.79. The molecule has 3 nitrogen and oxygen atoms in total. The third-order valence-corrected chi connectivity index (χ3v) is 2.82. The first-order chi connectivity index (χ1) is 6.54. The predicted molar refractivity (Wildman–Crippen MR) is 51.7 cm³/mol. The molecule has 2 unspecified atom stereocenters. The van der Waals surface area contributed by atoms with Crippen LogP contribution in [-0.2, 0) is 12.0 Å². The van der Waals surface area contributed by atoms with E-state index in [2.05, 4.69) is 24.0 Å². The average molecular weight is 197 g/mol. The summed E-state index contributed by atoms with van der Waals surface area (Å²) >= 11 is 0. The molecule has 1 saturated carbocycles. The lowest BCUT2D eigenvalue weighted by Gasteiger charge is -2.12. The number of aromatic nitrogens is 3. The molecule has 0 aromatic carbocycles. The first-order valence-corrected chi connectivity index (χ1v) is 5.06. The van der Waals surface area contributed by atoms with E-state index in [0.717, 1.165) is 12.4 Å². The summed E-state index contributed by atoms with van der Waals surface area (Å²) < 4.78 is 15.1. The van der Waals surface area contributed by atoms with Crippen LogP contribution < -0.4 is 0 Å². The molecule has 4 heteroatoms. The second-order valence-corrected chi connectivity index (χ2v) is 4.79. The molecule has 1 aliphatic rings. The summed E-state index contributed by atoms with van der Waals surface area (Å²) in [6, 6.07) is 0. The van der Waals surface area contributed by atoms with Crippen LogP contribution >= 0.6 is 0 Å². The maximum absolute atomic E-state index is 13.2. The lowest BCUT2D eigenvalue weighted by Crippen LogP contribution is -2.16. The van der Waals surface area contributed by atoms with Gasteiger partial charge in [0.25, 0.3) is 0 Å². The van der Waals surface area contributed by atoms with Gasteiger partial charge in [-0.3, -0.25) is 0 Å². The lowest BCUT2D eigenvalue weighted by molar-refractivity contribution is 0.407. The van der Waals surface area contributed by atoms with E-state index >= 15 is 0 Å². The monoisotopic (exact) mass is 197 g/mol. The molecule has 1 fully saturated rings. The molecule has 1 aromatic rings. The van der Waals surface area contributed by atoms with E-state index in [4.69, 9.17) is 0 Å². The Hall–Kier alpha value is -0.930. The Morgan fingerprint density at radius 2 is 2.36 bits per heavy atom. The fraction of sp³-hybridized carbons (Fsp3) is 0.800. The molecule has 0 amide bonds. The molecule has 1 aliphatic carbocycles. The van der Waals surface area contributed by atoms with E-state index < -0.39 is 6.17 Å². The van der Waals surface area contributed by atoms with E-state index in [0.29, 0.717) is 12.3 Å². The van der Waals surface area contributed by atoms with Crippen LogP contribution in [0.5, 0.6) is 0 Å². The highest BCUT2D eigenvalue weighted by molar-refractivity contribution is 5.21. The highest BCUT2D eigenvalue weighted by Crippen LogP contribution is 2.49. The predicted octanol–water partition coefficient (Wildman–Crippen LogP) is 1.93. The van der Waals surface area contributed by atoms with Gasteiger partial charge in [-0.15, -0.1) is 10.2 Å². The van der Waals surface area contributed by atoms with Gasteiger partial charge in [-0.2, -0.15) is 0 Å². The Balaban J connectivity index is 2.22. The van der Waals surface area contributed by atoms with Crippen molar-refractivity contribution in [3.63, 3.8) is 0 Å². The number of nitrogens with zero attached hydrogens (tertiary/aromatic N) is 3. The van der Waals surface area contributed by atoms with Crippen molar-refractivity contribution < 1.29 is 4.39 Å². The Morgan fingerprint density at radius 1 is 1.71 bits per heavy atom. The zero-order valence-corrected chi connectivity index (χ0v) is 8.87. The van der Waals surface area contributed by atoms with Crippen molar-refractivity contribution in [1.82, 2.24) is 14.8 Å². The molecule has 2 atom stereocenters. The fourth-order valence-electron chi connectivity index (χ4n) is 1.77. The molecule has 0 radical (unpaired) electrons. The van der Waals surface area contributed by atoms with E-state index in [9.17, 15) is 4.39 Å². The summed E-state index contributed by atoms with van der Waals surface area (Å²) in [4.78, 5) is 0. The minimum atomic E-state index is -0.738. The molecule has 1 aromatic heterocycles. The van der Waals surface area contributed by atoms with Gasteiger partial charge in [0.1, 0.15) is 18.3 Å². The van der Waals surface area contributed by atoms with E-state index in [-0.39, 0.29) is 5.41 Å². The Labute approximate surface area is 83.3 Å². The maximum Gasteiger partial charge on any atom is 0.141 e. The summed E-state index contributed by atoms with van der Waals surface area (Å²) in [7, 11) is 0. The standard InChI is InChI=1S/C10H16FN3/c1-7(2)5-14-6-12-13-9(14)10(3)4-8(10)11/h6-8H,4-5H2,1-3H3. The molecule has 0 spiro atoms. The summed E-state index contributed by atoms with van der Waals surface area (Å²) in [5.41, 5.74) is -0.370. The molecule has 0 N–H and O–H groups in total. The summed E-state index contributed by atoms with van der Waals surface area (Å²) in [5, 5.41) is 7.89. The van der Waals surface area contributed by atoms with Gasteiger partial charge >= 0.3 is 0 Å². The zero-order chi connectivity index (χ0) is 10.3. The van der Waals surface area contributed by atoms with Gasteiger partial charge in [-0.25, -0.2) is 4.39 Å². The van der Waals surface area contributed by atoms with Crippen molar-refractivity contribution in [3.8, 4) is 0 Å². The van der Waals surface area contributed by atoms with Crippen LogP contribution in [0.15, 0.2) is 6.33 Å². The number of hydrogen-bond acceptors (Lipinski definition) is 2. The third-order valence-electron chi connectivity index (χ3n) is 2.82. The summed E-state index contributed by atoms with van der Waals surface area (Å²) in [5.74, 6) is 1.34. The van der Waals surface area contributed by atoms with E-state index in [1.165, 1.54) is 0 Å². The molecule has 0 saturated heterocycles. The summed E-state index contributed by atoms with van der Waals surface area (Å²) in [6.45, 7) is 7.04. The molecule has 14 heavy (non-hydrogen) atoms. The first-order valence-electron chi connectivity index (χ1n) is 5.06. The second kappa shape index (κ2) is 3.04. The lowest BCUT2D eigenvalue weighted by atomic mass is 10.1. The quantitative estimate of drug-likeness (QED) is 0.741. The van der Waals surface area contributed by atoms with Gasteiger partial charge in [-0.05, 0) is 19.3 Å². The topological polar surface area (TPSA) is 30.7 Å². The van der Waals surface area contributed by atoms with Gasteiger partial charge in [0.15, 0.2) is 0 Å². The molecule has 0 aliphatic heterocycles. The van der Waals surface area contributed by atoms with Crippen LogP contribution in [-0.4, -0.2) is 20.9 Å². The largest absolute Gasteiger partial charge is 0.317 e. The van der Waals surface area contributed by atoms with Gasteiger partial charge < -0.3 is 4.57 Å². The van der Waals surface area contributed by atoms with Gasteiger partial charge in [0, 0.05) is 6.54 Å². The molecule has 1 heterocycles. The third kappa shape index (κ3) is 1.42. The Bertz CT molecular complexity index is 334. The van der Waals surface area contributed by atoms with Crippen molar-refractivity contribution in [2.45, 2.75) is 45.3 Å². The van der Waals surface area contributed by atoms with Crippen LogP contribution in [0.3, 0.4) is 0 Å². The number of rotatable bonds is 3. The van der Waals surface area contributed by atoms with E-state index in [1.807, 2.05) is 11.5 Å². The maximum atomic E-state index is 13.2. The van der Waals surface area contributed by atoms with E-state index in [1.54, 1.807) is 6.33 Å². The van der Waals surface area contributed by atoms with Gasteiger partial charge in [0.05, 0.1) is 5.41 Å². The molecular weight excluding hydrogens is 181 g/mol. The number of hydrogen-bond donors (Lipinski definition) is 0. The molecule has 0 bridgehead atoms. The minimum Gasteiger partial charge on any atom is -0.317 e. The first kappa shape index (κ1) is 9.62. The highest BCUT2D eigenvalue weighted by Gasteiger charge is 2.55. The van der Waals surface area contributed by atoms with Gasteiger partial charge in [-0.1, -0.05) is 13.8 Å². The van der Waals surface area contributed by atoms with Crippen LogP contribution in [0.25, 0.3) is 0 Å². The molecular formula is C10H16FN3. The summed E-state index contributed by atoms with van der Waals surface area (Å²) in [6.07, 6.45) is 1.55. The van der Waals surface area contributed by atoms with Crippen molar-refractivity contribution >= 4 is 0 Å². The smallest absolute Gasteiger partial charge is 0.141 e. The fourth-order valence-corrected chi connectivity index (χ4v) is 1.77. The van der Waals surface area contributed by atoms with Crippen molar-refractivity contribution in [1.29, 1.82) is 0 Å². The molecule has 78 valence electrons. The minimum absolute atomic E-state index is 0.370. The zero-order valence-electron chi connectivity index (χ0n) is 8.87. The van der Waals surface area contributed by atoms with Crippen LogP contribution in [0.4, 0.5) is 4.39 Å². The molecule has 2 rings (SSSR count). The highest BCUT2D eigenvalue weighted by atomic mass is 19.1. The van der Waals surface area contributed by atoms with Gasteiger partial charge in [0.2, 0.25) is 0 Å². The average Bonchev–Trinajstić information content (AvgIpc) is 2.54. The SMILES string of the molecule is CC(C)Cn1cnnc1C1(C)CC1F.